The SMILES string of the molecule is CC(C)(C)OC(=O)NC1CCC[C@@H]1CO. The second-order valence-corrected chi connectivity index (χ2v) is 5.13. The molecule has 1 rings (SSSR count). The first-order valence-corrected chi connectivity index (χ1v) is 5.53. The van der Waals surface area contributed by atoms with Gasteiger partial charge in [0.1, 0.15) is 5.60 Å². The van der Waals surface area contributed by atoms with Crippen molar-refractivity contribution in [2.45, 2.75) is 51.7 Å². The lowest BCUT2D eigenvalue weighted by Gasteiger charge is -2.23. The monoisotopic (exact) mass is 215 g/mol. The molecule has 1 aliphatic carbocycles. The van der Waals surface area contributed by atoms with E-state index in [1.807, 2.05) is 20.8 Å². The smallest absolute Gasteiger partial charge is 0.407 e. The number of carbonyl (C=O) groups excluding carboxylic acids is 1. The van der Waals surface area contributed by atoms with Crippen molar-refractivity contribution in [3.63, 3.8) is 0 Å². The largest absolute Gasteiger partial charge is 0.444 e. The Morgan fingerprint density at radius 1 is 1.47 bits per heavy atom. The fraction of sp³-hybridized carbons (Fsp3) is 0.909. The minimum absolute atomic E-state index is 0.0739. The summed E-state index contributed by atoms with van der Waals surface area (Å²) in [6.07, 6.45) is 2.60. The first-order chi connectivity index (χ1) is 6.92. The topological polar surface area (TPSA) is 58.6 Å². The number of ether oxygens (including phenoxy) is 1. The third-order valence-corrected chi connectivity index (χ3v) is 2.60. The van der Waals surface area contributed by atoms with Crippen molar-refractivity contribution < 1.29 is 14.6 Å². The highest BCUT2D eigenvalue weighted by atomic mass is 16.6. The van der Waals surface area contributed by atoms with E-state index in [-0.39, 0.29) is 24.7 Å². The summed E-state index contributed by atoms with van der Waals surface area (Å²) >= 11 is 0. The van der Waals surface area contributed by atoms with Gasteiger partial charge in [-0.15, -0.1) is 0 Å². The van der Waals surface area contributed by atoms with Crippen LogP contribution in [0.15, 0.2) is 0 Å². The van der Waals surface area contributed by atoms with Gasteiger partial charge in [0.2, 0.25) is 0 Å². The van der Waals surface area contributed by atoms with Crippen LogP contribution >= 0.6 is 0 Å². The highest BCUT2D eigenvalue weighted by Gasteiger charge is 2.29. The zero-order valence-corrected chi connectivity index (χ0v) is 9.75. The van der Waals surface area contributed by atoms with Gasteiger partial charge >= 0.3 is 6.09 Å². The fourth-order valence-corrected chi connectivity index (χ4v) is 1.90. The van der Waals surface area contributed by atoms with Crippen LogP contribution < -0.4 is 5.32 Å². The van der Waals surface area contributed by atoms with Gasteiger partial charge < -0.3 is 15.2 Å². The van der Waals surface area contributed by atoms with E-state index in [2.05, 4.69) is 5.32 Å². The minimum Gasteiger partial charge on any atom is -0.444 e. The van der Waals surface area contributed by atoms with Crippen LogP contribution in [0, 0.1) is 5.92 Å². The molecule has 0 spiro atoms. The van der Waals surface area contributed by atoms with Crippen LogP contribution in [0.3, 0.4) is 0 Å². The van der Waals surface area contributed by atoms with Crippen molar-refractivity contribution in [3.05, 3.63) is 0 Å². The molecule has 1 saturated carbocycles. The van der Waals surface area contributed by atoms with Crippen molar-refractivity contribution in [2.24, 2.45) is 5.92 Å². The van der Waals surface area contributed by atoms with Crippen LogP contribution in [0.25, 0.3) is 0 Å². The number of hydrogen-bond acceptors (Lipinski definition) is 3. The second kappa shape index (κ2) is 4.84. The third-order valence-electron chi connectivity index (χ3n) is 2.60. The number of carbonyl (C=O) groups is 1. The van der Waals surface area contributed by atoms with Crippen molar-refractivity contribution >= 4 is 6.09 Å². The van der Waals surface area contributed by atoms with Crippen molar-refractivity contribution in [1.82, 2.24) is 5.32 Å². The molecule has 88 valence electrons. The quantitative estimate of drug-likeness (QED) is 0.736. The Balaban J connectivity index is 2.37. The number of aliphatic hydroxyl groups excluding tert-OH is 1. The average Bonchev–Trinajstić information content (AvgIpc) is 2.48. The van der Waals surface area contributed by atoms with Gasteiger partial charge in [0.25, 0.3) is 0 Å². The number of alkyl carbamates (subject to hydrolysis) is 1. The van der Waals surface area contributed by atoms with Crippen LogP contribution in [-0.4, -0.2) is 29.4 Å². The molecule has 2 N–H and O–H groups in total. The number of amides is 1. The molecule has 0 heterocycles. The molecule has 0 aliphatic heterocycles. The first-order valence-electron chi connectivity index (χ1n) is 5.53. The van der Waals surface area contributed by atoms with Crippen LogP contribution in [0.4, 0.5) is 4.79 Å². The predicted octanol–water partition coefficient (Wildman–Crippen LogP) is 1.67. The summed E-state index contributed by atoms with van der Waals surface area (Å²) in [6, 6.07) is 0.0739. The molecular weight excluding hydrogens is 194 g/mol. The maximum absolute atomic E-state index is 11.5. The summed E-state index contributed by atoms with van der Waals surface area (Å²) in [5.74, 6) is 0.192. The first kappa shape index (κ1) is 12.3. The molecule has 1 fully saturated rings. The molecule has 1 unspecified atom stereocenters. The molecule has 0 aromatic heterocycles. The van der Waals surface area contributed by atoms with Crippen molar-refractivity contribution in [2.75, 3.05) is 6.61 Å². The van der Waals surface area contributed by atoms with E-state index in [9.17, 15) is 4.79 Å². The summed E-state index contributed by atoms with van der Waals surface area (Å²) in [7, 11) is 0. The van der Waals surface area contributed by atoms with Gasteiger partial charge in [0.05, 0.1) is 0 Å². The van der Waals surface area contributed by atoms with Crippen LogP contribution in [-0.2, 0) is 4.74 Å². The van der Waals surface area contributed by atoms with Crippen molar-refractivity contribution in [1.29, 1.82) is 0 Å². The summed E-state index contributed by atoms with van der Waals surface area (Å²) in [6.45, 7) is 5.65. The Bertz CT molecular complexity index is 222. The summed E-state index contributed by atoms with van der Waals surface area (Å²) in [4.78, 5) is 11.5. The summed E-state index contributed by atoms with van der Waals surface area (Å²) in [5, 5.41) is 11.9. The molecule has 1 aliphatic rings. The van der Waals surface area contributed by atoms with Crippen LogP contribution in [0.2, 0.25) is 0 Å². The molecule has 0 aromatic carbocycles. The minimum atomic E-state index is -0.461. The van der Waals surface area contributed by atoms with Gasteiger partial charge in [-0.3, -0.25) is 0 Å². The Morgan fingerprint density at radius 3 is 2.67 bits per heavy atom. The molecule has 15 heavy (non-hydrogen) atoms. The highest BCUT2D eigenvalue weighted by molar-refractivity contribution is 5.68. The van der Waals surface area contributed by atoms with Crippen molar-refractivity contribution in [3.8, 4) is 0 Å². The van der Waals surface area contributed by atoms with Gasteiger partial charge in [-0.1, -0.05) is 6.42 Å². The zero-order chi connectivity index (χ0) is 11.5. The zero-order valence-electron chi connectivity index (χ0n) is 9.75. The molecule has 1 amide bonds. The Kier molecular flexibility index (Phi) is 3.97. The van der Waals surface area contributed by atoms with Crippen LogP contribution in [0.1, 0.15) is 40.0 Å². The van der Waals surface area contributed by atoms with E-state index in [0.717, 1.165) is 19.3 Å². The van der Waals surface area contributed by atoms with E-state index >= 15 is 0 Å². The molecule has 2 atom stereocenters. The molecule has 4 nitrogen and oxygen atoms in total. The van der Waals surface area contributed by atoms with E-state index in [1.165, 1.54) is 0 Å². The van der Waals surface area contributed by atoms with Gasteiger partial charge in [-0.2, -0.15) is 0 Å². The molecule has 0 bridgehead atoms. The number of nitrogens with one attached hydrogen (secondary N) is 1. The maximum Gasteiger partial charge on any atom is 0.407 e. The third kappa shape index (κ3) is 4.08. The van der Waals surface area contributed by atoms with Crippen LogP contribution in [0.5, 0.6) is 0 Å². The van der Waals surface area contributed by atoms with Gasteiger partial charge in [0.15, 0.2) is 0 Å². The van der Waals surface area contributed by atoms with E-state index in [0.29, 0.717) is 0 Å². The number of aliphatic hydroxyl groups is 1. The van der Waals surface area contributed by atoms with E-state index < -0.39 is 5.60 Å². The maximum atomic E-state index is 11.5. The lowest BCUT2D eigenvalue weighted by Crippen LogP contribution is -2.41. The molecule has 0 saturated heterocycles. The molecule has 4 heteroatoms. The molecule has 0 aromatic rings. The van der Waals surface area contributed by atoms with Gasteiger partial charge in [0, 0.05) is 18.6 Å². The normalized spacial score (nSPS) is 26.4. The van der Waals surface area contributed by atoms with E-state index in [1.54, 1.807) is 0 Å². The molecule has 0 radical (unpaired) electrons. The standard InChI is InChI=1S/C11H21NO3/c1-11(2,3)15-10(14)12-9-6-4-5-8(9)7-13/h8-9,13H,4-7H2,1-3H3,(H,12,14)/t8-,9?/m1/s1. The lowest BCUT2D eigenvalue weighted by atomic mass is 10.1. The summed E-state index contributed by atoms with van der Waals surface area (Å²) < 4.78 is 5.16. The summed E-state index contributed by atoms with van der Waals surface area (Å²) in [5.41, 5.74) is -0.461. The van der Waals surface area contributed by atoms with E-state index in [4.69, 9.17) is 9.84 Å². The van der Waals surface area contributed by atoms with Gasteiger partial charge in [-0.25, -0.2) is 4.79 Å². The number of hydrogen-bond donors (Lipinski definition) is 2. The Labute approximate surface area is 91.0 Å². The predicted molar refractivity (Wildman–Crippen MR) is 57.6 cm³/mol. The molecular formula is C11H21NO3. The highest BCUT2D eigenvalue weighted by Crippen LogP contribution is 2.25. The fourth-order valence-electron chi connectivity index (χ4n) is 1.90. The Morgan fingerprint density at radius 2 is 2.13 bits per heavy atom. The second-order valence-electron chi connectivity index (χ2n) is 5.13. The van der Waals surface area contributed by atoms with Gasteiger partial charge in [-0.05, 0) is 33.6 Å². The average molecular weight is 215 g/mol. The lowest BCUT2D eigenvalue weighted by molar-refractivity contribution is 0.0483. The number of rotatable bonds is 2. The Hall–Kier alpha value is -0.770.